The predicted octanol–water partition coefficient (Wildman–Crippen LogP) is 5.66. The number of carbonyl (C=O) groups is 1. The third kappa shape index (κ3) is 4.20. The van der Waals surface area contributed by atoms with Gasteiger partial charge in [-0.2, -0.15) is 0 Å². The van der Waals surface area contributed by atoms with Crippen molar-refractivity contribution in [2.45, 2.75) is 59.2 Å². The Kier molecular flexibility index (Phi) is 6.08. The number of pyridine rings is 1. The number of hydrogen-bond acceptors (Lipinski definition) is 7. The molecule has 0 aliphatic carbocycles. The molecule has 0 fully saturated rings. The zero-order valence-corrected chi connectivity index (χ0v) is 18.3. The van der Waals surface area contributed by atoms with E-state index >= 15 is 0 Å². The normalized spacial score (nSPS) is 11.8. The van der Waals surface area contributed by atoms with Crippen LogP contribution in [0.1, 0.15) is 51.5 Å². The molecule has 1 N–H and O–H groups in total. The number of H-pyrrole nitrogens is 1. The third-order valence-corrected chi connectivity index (χ3v) is 5.06. The van der Waals surface area contributed by atoms with Crippen molar-refractivity contribution in [2.24, 2.45) is 0 Å². The average molecular weight is 425 g/mol. The van der Waals surface area contributed by atoms with Crippen molar-refractivity contribution in [3.63, 3.8) is 0 Å². The van der Waals surface area contributed by atoms with Gasteiger partial charge in [-0.3, -0.25) is 0 Å². The maximum Gasteiger partial charge on any atom is 0.515 e. The number of carbonyl (C=O) groups excluding carboxylic acids is 1. The molecule has 4 rings (SSSR count). The highest BCUT2D eigenvalue weighted by molar-refractivity contribution is 6.19. The van der Waals surface area contributed by atoms with Crippen molar-refractivity contribution >= 4 is 39.1 Å². The zero-order chi connectivity index (χ0) is 22.0. The van der Waals surface area contributed by atoms with Gasteiger partial charge < -0.3 is 23.6 Å². The van der Waals surface area contributed by atoms with Gasteiger partial charge in [0, 0.05) is 29.8 Å². The first-order valence-corrected chi connectivity index (χ1v) is 10.6. The second-order valence-corrected chi connectivity index (χ2v) is 7.81. The van der Waals surface area contributed by atoms with E-state index in [1.165, 1.54) is 0 Å². The number of unbranched alkanes of at least 4 members (excludes halogenated alkanes) is 2. The van der Waals surface area contributed by atoms with Gasteiger partial charge in [0.05, 0.1) is 30.0 Å². The van der Waals surface area contributed by atoms with Crippen LogP contribution in [0.3, 0.4) is 0 Å². The zero-order valence-electron chi connectivity index (χ0n) is 18.3. The van der Waals surface area contributed by atoms with Crippen molar-refractivity contribution < 1.29 is 23.4 Å². The number of aryl methyl sites for hydroxylation is 1. The first-order chi connectivity index (χ1) is 15.0. The summed E-state index contributed by atoms with van der Waals surface area (Å²) in [7, 11) is 1.58. The second kappa shape index (κ2) is 8.93. The molecule has 3 heterocycles. The topological polar surface area (TPSA) is 99.5 Å². The molecule has 0 amide bonds. The fourth-order valence-electron chi connectivity index (χ4n) is 3.75. The SMILES string of the molecule is CCCCCc1nc2c(ccc3[nH]c4cnc(OC(=O)OC(C)C)c(COC)c4c32)o1. The van der Waals surface area contributed by atoms with E-state index in [-0.39, 0.29) is 18.6 Å². The van der Waals surface area contributed by atoms with Gasteiger partial charge in [-0.05, 0) is 32.4 Å². The molecule has 8 nitrogen and oxygen atoms in total. The largest absolute Gasteiger partial charge is 0.515 e. The minimum atomic E-state index is -0.802. The highest BCUT2D eigenvalue weighted by atomic mass is 16.7. The van der Waals surface area contributed by atoms with Crippen LogP contribution in [0.15, 0.2) is 22.7 Å². The molecule has 0 bridgehead atoms. The van der Waals surface area contributed by atoms with E-state index in [9.17, 15) is 4.79 Å². The Morgan fingerprint density at radius 3 is 2.77 bits per heavy atom. The molecule has 8 heteroatoms. The maximum absolute atomic E-state index is 12.1. The predicted molar refractivity (Wildman–Crippen MR) is 117 cm³/mol. The van der Waals surface area contributed by atoms with Crippen molar-refractivity contribution in [1.82, 2.24) is 15.0 Å². The third-order valence-electron chi connectivity index (χ3n) is 5.06. The smallest absolute Gasteiger partial charge is 0.441 e. The number of ether oxygens (including phenoxy) is 3. The number of aromatic amines is 1. The number of fused-ring (bicyclic) bond motifs is 5. The van der Waals surface area contributed by atoms with E-state index in [4.69, 9.17) is 23.6 Å². The molecule has 0 unspecified atom stereocenters. The van der Waals surface area contributed by atoms with Gasteiger partial charge in [-0.25, -0.2) is 14.8 Å². The molecule has 164 valence electrons. The number of rotatable bonds is 8. The van der Waals surface area contributed by atoms with Crippen molar-refractivity contribution in [3.8, 4) is 5.88 Å². The van der Waals surface area contributed by atoms with Crippen molar-refractivity contribution in [3.05, 3.63) is 29.8 Å². The number of hydrogen-bond donors (Lipinski definition) is 1. The van der Waals surface area contributed by atoms with Gasteiger partial charge in [0.1, 0.15) is 5.52 Å². The molecule has 31 heavy (non-hydrogen) atoms. The van der Waals surface area contributed by atoms with E-state index in [1.54, 1.807) is 27.2 Å². The monoisotopic (exact) mass is 425 g/mol. The van der Waals surface area contributed by atoms with Crippen LogP contribution in [0.4, 0.5) is 4.79 Å². The lowest BCUT2D eigenvalue weighted by Gasteiger charge is -2.11. The molecule has 1 aromatic carbocycles. The van der Waals surface area contributed by atoms with E-state index in [0.717, 1.165) is 64.5 Å². The molecular weight excluding hydrogens is 398 g/mol. The summed E-state index contributed by atoms with van der Waals surface area (Å²) in [6.07, 6.45) is 4.66. The fourth-order valence-corrected chi connectivity index (χ4v) is 3.75. The van der Waals surface area contributed by atoms with Crippen LogP contribution in [0.2, 0.25) is 0 Å². The Bertz CT molecular complexity index is 1220. The lowest BCUT2D eigenvalue weighted by Crippen LogP contribution is -2.17. The number of methoxy groups -OCH3 is 1. The second-order valence-electron chi connectivity index (χ2n) is 7.81. The van der Waals surface area contributed by atoms with E-state index in [1.807, 2.05) is 12.1 Å². The minimum absolute atomic E-state index is 0.157. The lowest BCUT2D eigenvalue weighted by atomic mass is 10.1. The van der Waals surface area contributed by atoms with Gasteiger partial charge in [0.2, 0.25) is 5.88 Å². The summed E-state index contributed by atoms with van der Waals surface area (Å²) in [5.41, 5.74) is 3.85. The molecule has 0 atom stereocenters. The standard InChI is InChI=1S/C23H27N3O5/c1-5-6-7-8-18-26-21-17(30-18)10-9-15-20(21)19-14(12-28-4)22(24-11-16(19)25-15)31-23(27)29-13(2)3/h9-11,13,25H,5-8,12H2,1-4H3. The number of aromatic nitrogens is 3. The molecule has 0 saturated carbocycles. The van der Waals surface area contributed by atoms with Crippen LogP contribution in [0, 0.1) is 0 Å². The van der Waals surface area contributed by atoms with Gasteiger partial charge in [0.15, 0.2) is 11.5 Å². The summed E-state index contributed by atoms with van der Waals surface area (Å²) in [5, 5.41) is 1.74. The number of oxazole rings is 1. The quantitative estimate of drug-likeness (QED) is 0.287. The van der Waals surface area contributed by atoms with Crippen LogP contribution in [0.25, 0.3) is 32.9 Å². The minimum Gasteiger partial charge on any atom is -0.441 e. The molecule has 4 aromatic rings. The molecule has 0 spiro atoms. The van der Waals surface area contributed by atoms with Gasteiger partial charge >= 0.3 is 6.16 Å². The van der Waals surface area contributed by atoms with Gasteiger partial charge in [-0.15, -0.1) is 0 Å². The molecule has 3 aromatic heterocycles. The Balaban J connectivity index is 1.87. The van der Waals surface area contributed by atoms with Crippen molar-refractivity contribution in [1.29, 1.82) is 0 Å². The average Bonchev–Trinajstić information content (AvgIpc) is 3.30. The van der Waals surface area contributed by atoms with Crippen LogP contribution in [-0.2, 0) is 22.5 Å². The Morgan fingerprint density at radius 1 is 1.19 bits per heavy atom. The molecular formula is C23H27N3O5. The first-order valence-electron chi connectivity index (χ1n) is 10.6. The summed E-state index contributed by atoms with van der Waals surface area (Å²) < 4.78 is 21.9. The number of nitrogens with zero attached hydrogens (tertiary/aromatic N) is 2. The van der Waals surface area contributed by atoms with Gasteiger partial charge in [0.25, 0.3) is 0 Å². The fraction of sp³-hybridized carbons (Fsp3) is 0.435. The molecule has 0 radical (unpaired) electrons. The van der Waals surface area contributed by atoms with Gasteiger partial charge in [-0.1, -0.05) is 19.8 Å². The Labute approximate surface area is 179 Å². The molecule has 0 aliphatic heterocycles. The number of nitrogens with one attached hydrogen (secondary N) is 1. The highest BCUT2D eigenvalue weighted by Gasteiger charge is 2.21. The van der Waals surface area contributed by atoms with Crippen LogP contribution in [0.5, 0.6) is 5.88 Å². The summed E-state index contributed by atoms with van der Waals surface area (Å²) in [6, 6.07) is 3.88. The summed E-state index contributed by atoms with van der Waals surface area (Å²) in [5.74, 6) is 0.884. The van der Waals surface area contributed by atoms with E-state index in [2.05, 4.69) is 16.9 Å². The van der Waals surface area contributed by atoms with Crippen LogP contribution < -0.4 is 4.74 Å². The molecule has 0 aliphatic rings. The first kappa shape index (κ1) is 21.1. The number of benzene rings is 1. The summed E-state index contributed by atoms with van der Waals surface area (Å²) in [6.45, 7) is 5.89. The van der Waals surface area contributed by atoms with E-state index < -0.39 is 6.16 Å². The molecule has 0 saturated heterocycles. The van der Waals surface area contributed by atoms with Crippen LogP contribution >= 0.6 is 0 Å². The van der Waals surface area contributed by atoms with Crippen LogP contribution in [-0.4, -0.2) is 34.3 Å². The Morgan fingerprint density at radius 2 is 2.03 bits per heavy atom. The summed E-state index contributed by atoms with van der Waals surface area (Å²) in [4.78, 5) is 24.6. The maximum atomic E-state index is 12.1. The van der Waals surface area contributed by atoms with E-state index in [0.29, 0.717) is 5.56 Å². The van der Waals surface area contributed by atoms with Crippen molar-refractivity contribution in [2.75, 3.05) is 7.11 Å². The summed E-state index contributed by atoms with van der Waals surface area (Å²) >= 11 is 0. The highest BCUT2D eigenvalue weighted by Crippen LogP contribution is 2.37. The Hall–Kier alpha value is -3.13. The lowest BCUT2D eigenvalue weighted by molar-refractivity contribution is 0.0705.